The van der Waals surface area contributed by atoms with E-state index >= 15 is 0 Å². The van der Waals surface area contributed by atoms with E-state index in [1.807, 2.05) is 6.07 Å². The molecule has 0 radical (unpaired) electrons. The number of halogens is 1. The first kappa shape index (κ1) is 21.4. The van der Waals surface area contributed by atoms with Gasteiger partial charge in [-0.15, -0.1) is 23.1 Å². The van der Waals surface area contributed by atoms with E-state index in [1.165, 1.54) is 35.6 Å². The molecule has 7 nitrogen and oxygen atoms in total. The van der Waals surface area contributed by atoms with Crippen molar-refractivity contribution in [3.8, 4) is 6.07 Å². The van der Waals surface area contributed by atoms with Crippen LogP contribution in [0.5, 0.6) is 0 Å². The van der Waals surface area contributed by atoms with Gasteiger partial charge in [-0.05, 0) is 42.6 Å². The largest absolute Gasteiger partial charge is 0.455 e. The second kappa shape index (κ2) is 10.4. The summed E-state index contributed by atoms with van der Waals surface area (Å²) >= 11 is 2.24. The molecule has 0 aliphatic carbocycles. The summed E-state index contributed by atoms with van der Waals surface area (Å²) in [4.78, 5) is 35.6. The Morgan fingerprint density at radius 3 is 2.61 bits per heavy atom. The van der Waals surface area contributed by atoms with E-state index in [4.69, 9.17) is 10.00 Å². The topological polar surface area (TPSA) is 108 Å². The van der Waals surface area contributed by atoms with Crippen LogP contribution in [0.15, 0.2) is 35.7 Å². The zero-order chi connectivity index (χ0) is 20.5. The molecule has 10 heteroatoms. The fourth-order valence-electron chi connectivity index (χ4n) is 1.91. The molecule has 2 amide bonds. The van der Waals surface area contributed by atoms with Gasteiger partial charge in [-0.2, -0.15) is 5.26 Å². The van der Waals surface area contributed by atoms with E-state index in [0.29, 0.717) is 16.3 Å². The normalized spacial score (nSPS) is 11.2. The van der Waals surface area contributed by atoms with E-state index in [0.717, 1.165) is 11.8 Å². The van der Waals surface area contributed by atoms with Crippen LogP contribution in [-0.4, -0.2) is 35.4 Å². The highest BCUT2D eigenvalue weighted by atomic mass is 32.2. The van der Waals surface area contributed by atoms with Gasteiger partial charge in [0.05, 0.1) is 11.3 Å². The van der Waals surface area contributed by atoms with Crippen LogP contribution in [0.2, 0.25) is 0 Å². The molecule has 0 aliphatic rings. The highest BCUT2D eigenvalue weighted by molar-refractivity contribution is 8.01. The van der Waals surface area contributed by atoms with Gasteiger partial charge in [0.2, 0.25) is 5.91 Å². The molecule has 0 unspecified atom stereocenters. The number of benzene rings is 1. The number of carbonyl (C=O) groups is 3. The minimum absolute atomic E-state index is 0.0133. The molecular weight excluding hydrogens is 405 g/mol. The summed E-state index contributed by atoms with van der Waals surface area (Å²) in [5.74, 6) is -1.97. The summed E-state index contributed by atoms with van der Waals surface area (Å²) in [6.45, 7) is 1.07. The molecule has 0 fully saturated rings. The van der Waals surface area contributed by atoms with Crippen LogP contribution in [-0.2, 0) is 19.1 Å². The number of esters is 1. The van der Waals surface area contributed by atoms with Crippen molar-refractivity contribution < 1.29 is 23.5 Å². The molecule has 1 atom stereocenters. The number of thioether (sulfide) groups is 1. The van der Waals surface area contributed by atoms with Crippen molar-refractivity contribution in [3.63, 3.8) is 0 Å². The third kappa shape index (κ3) is 6.68. The average molecular weight is 421 g/mol. The minimum atomic E-state index is -0.664. The van der Waals surface area contributed by atoms with Crippen molar-refractivity contribution in [1.82, 2.24) is 0 Å². The molecule has 0 spiro atoms. The van der Waals surface area contributed by atoms with E-state index in [9.17, 15) is 18.8 Å². The van der Waals surface area contributed by atoms with E-state index in [2.05, 4.69) is 10.6 Å². The number of nitrogens with zero attached hydrogens (tertiary/aromatic N) is 1. The fourth-order valence-corrected chi connectivity index (χ4v) is 3.34. The summed E-state index contributed by atoms with van der Waals surface area (Å²) in [7, 11) is 0. The van der Waals surface area contributed by atoms with Gasteiger partial charge >= 0.3 is 5.97 Å². The number of nitriles is 1. The Morgan fingerprint density at radius 2 is 1.93 bits per heavy atom. The smallest absolute Gasteiger partial charge is 0.319 e. The van der Waals surface area contributed by atoms with Gasteiger partial charge in [0.25, 0.3) is 5.91 Å². The molecule has 2 rings (SSSR count). The molecule has 0 saturated heterocycles. The molecule has 0 bridgehead atoms. The van der Waals surface area contributed by atoms with Gasteiger partial charge in [0.15, 0.2) is 6.61 Å². The molecule has 146 valence electrons. The molecule has 1 aromatic carbocycles. The first-order valence-electron chi connectivity index (χ1n) is 8.00. The van der Waals surface area contributed by atoms with Crippen molar-refractivity contribution >= 4 is 51.6 Å². The van der Waals surface area contributed by atoms with Crippen LogP contribution in [0, 0.1) is 17.1 Å². The Morgan fingerprint density at radius 1 is 1.21 bits per heavy atom. The van der Waals surface area contributed by atoms with Crippen molar-refractivity contribution in [3.05, 3.63) is 47.1 Å². The number of thiophene rings is 1. The summed E-state index contributed by atoms with van der Waals surface area (Å²) in [5, 5.41) is 15.4. The van der Waals surface area contributed by atoms with Gasteiger partial charge in [0, 0.05) is 5.69 Å². The van der Waals surface area contributed by atoms with Crippen LogP contribution in [0.3, 0.4) is 0 Å². The van der Waals surface area contributed by atoms with Gasteiger partial charge < -0.3 is 15.4 Å². The Labute approximate surface area is 168 Å². The zero-order valence-electron chi connectivity index (χ0n) is 14.7. The highest BCUT2D eigenvalue weighted by Crippen LogP contribution is 2.22. The van der Waals surface area contributed by atoms with Crippen LogP contribution in [0.4, 0.5) is 15.1 Å². The maximum atomic E-state index is 12.8. The number of hydrogen-bond donors (Lipinski definition) is 2. The molecule has 2 N–H and O–H groups in total. The lowest BCUT2D eigenvalue weighted by Gasteiger charge is -2.11. The Kier molecular flexibility index (Phi) is 7.98. The fraction of sp³-hybridized carbons (Fsp3) is 0.222. The van der Waals surface area contributed by atoms with Crippen LogP contribution >= 0.6 is 23.1 Å². The third-order valence-corrected chi connectivity index (χ3v) is 5.26. The summed E-state index contributed by atoms with van der Waals surface area (Å²) in [6.07, 6.45) is 0. The van der Waals surface area contributed by atoms with Crippen molar-refractivity contribution in [2.75, 3.05) is 23.0 Å². The van der Waals surface area contributed by atoms with E-state index < -0.39 is 29.6 Å². The zero-order valence-corrected chi connectivity index (χ0v) is 16.4. The molecule has 2 aromatic rings. The van der Waals surface area contributed by atoms with Crippen molar-refractivity contribution in [1.29, 1.82) is 5.26 Å². The Balaban J connectivity index is 1.70. The lowest BCUT2D eigenvalue weighted by Crippen LogP contribution is -2.26. The Bertz CT molecular complexity index is 893. The highest BCUT2D eigenvalue weighted by Gasteiger charge is 2.18. The monoisotopic (exact) mass is 421 g/mol. The van der Waals surface area contributed by atoms with Gasteiger partial charge in [-0.25, -0.2) is 4.39 Å². The van der Waals surface area contributed by atoms with Crippen LogP contribution < -0.4 is 10.6 Å². The van der Waals surface area contributed by atoms with Gasteiger partial charge in [-0.3, -0.25) is 14.4 Å². The third-order valence-electron chi connectivity index (χ3n) is 3.31. The quantitative estimate of drug-likeness (QED) is 0.635. The maximum absolute atomic E-state index is 12.8. The predicted octanol–water partition coefficient (Wildman–Crippen LogP) is 3.00. The lowest BCUT2D eigenvalue weighted by molar-refractivity contribution is -0.146. The second-order valence-electron chi connectivity index (χ2n) is 5.44. The predicted molar refractivity (Wildman–Crippen MR) is 106 cm³/mol. The van der Waals surface area contributed by atoms with E-state index in [1.54, 1.807) is 18.4 Å². The molecule has 1 aromatic heterocycles. The second-order valence-corrected chi connectivity index (χ2v) is 7.68. The molecular formula is C18H16FN3O4S2. The summed E-state index contributed by atoms with van der Waals surface area (Å²) in [5.41, 5.74) is 0.782. The summed E-state index contributed by atoms with van der Waals surface area (Å²) in [6, 6.07) is 8.82. The first-order valence-corrected chi connectivity index (χ1v) is 9.93. The van der Waals surface area contributed by atoms with Gasteiger partial charge in [-0.1, -0.05) is 0 Å². The SMILES string of the molecule is C[C@@H](SCC(=O)Nc1ccc(F)cc1)C(=O)OCC(=O)Nc1sccc1C#N. The lowest BCUT2D eigenvalue weighted by atomic mass is 10.3. The number of amides is 2. The van der Waals surface area contributed by atoms with Crippen LogP contribution in [0.25, 0.3) is 0 Å². The molecule has 1 heterocycles. The number of carbonyl (C=O) groups excluding carboxylic acids is 3. The Hall–Kier alpha value is -2.90. The first-order chi connectivity index (χ1) is 13.4. The van der Waals surface area contributed by atoms with Crippen LogP contribution in [0.1, 0.15) is 12.5 Å². The minimum Gasteiger partial charge on any atom is -0.455 e. The number of nitrogens with one attached hydrogen (secondary N) is 2. The summed E-state index contributed by atoms with van der Waals surface area (Å²) < 4.78 is 17.8. The number of rotatable bonds is 8. The maximum Gasteiger partial charge on any atom is 0.319 e. The van der Waals surface area contributed by atoms with Crippen molar-refractivity contribution in [2.45, 2.75) is 12.2 Å². The molecule has 0 saturated carbocycles. The number of hydrogen-bond acceptors (Lipinski definition) is 7. The standard InChI is InChI=1S/C18H16FN3O4S2/c1-11(28-10-16(24)21-14-4-2-13(19)3-5-14)18(25)26-9-15(23)22-17-12(8-20)6-7-27-17/h2-7,11H,9-10H2,1H3,(H,21,24)(H,22,23)/t11-/m1/s1. The number of ether oxygens (including phenoxy) is 1. The number of anilines is 2. The molecule has 0 aliphatic heterocycles. The van der Waals surface area contributed by atoms with Crippen molar-refractivity contribution in [2.24, 2.45) is 0 Å². The molecule has 28 heavy (non-hydrogen) atoms. The van der Waals surface area contributed by atoms with E-state index in [-0.39, 0.29) is 11.7 Å². The van der Waals surface area contributed by atoms with Gasteiger partial charge in [0.1, 0.15) is 22.1 Å². The average Bonchev–Trinajstić information content (AvgIpc) is 3.13.